The van der Waals surface area contributed by atoms with Crippen LogP contribution in [-0.4, -0.2) is 4.43 Å². The van der Waals surface area contributed by atoms with Crippen LogP contribution in [0.2, 0.25) is 0 Å². The Balaban J connectivity index is 2.37. The summed E-state index contributed by atoms with van der Waals surface area (Å²) in [6.07, 6.45) is 8.18. The highest BCUT2D eigenvalue weighted by molar-refractivity contribution is 14.1. The first-order valence-electron chi connectivity index (χ1n) is 8.18. The van der Waals surface area contributed by atoms with Crippen LogP contribution in [0.1, 0.15) is 62.6 Å². The highest BCUT2D eigenvalue weighted by Crippen LogP contribution is 2.22. The third kappa shape index (κ3) is 6.60. The molecule has 0 radical (unpaired) electrons. The summed E-state index contributed by atoms with van der Waals surface area (Å²) in [6, 6.07) is 6.90. The Hall–Kier alpha value is -0.0500. The smallest absolute Gasteiger partial charge is 0.00238 e. The third-order valence-electron chi connectivity index (χ3n) is 4.54. The Morgan fingerprint density at radius 3 is 2.45 bits per heavy atom. The van der Waals surface area contributed by atoms with Crippen molar-refractivity contribution in [1.29, 1.82) is 0 Å². The molecule has 1 rings (SSSR count). The first-order chi connectivity index (χ1) is 9.56. The van der Waals surface area contributed by atoms with E-state index in [1.54, 1.807) is 5.56 Å². The average Bonchev–Trinajstić information content (AvgIpc) is 2.43. The second kappa shape index (κ2) is 9.81. The number of halogens is 1. The monoisotopic (exact) mass is 386 g/mol. The van der Waals surface area contributed by atoms with E-state index in [2.05, 4.69) is 68.5 Å². The van der Waals surface area contributed by atoms with Crippen molar-refractivity contribution in [2.24, 2.45) is 11.8 Å². The van der Waals surface area contributed by atoms with Gasteiger partial charge in [0.2, 0.25) is 0 Å². The average molecular weight is 386 g/mol. The fraction of sp³-hybridized carbons (Fsp3) is 0.684. The molecule has 2 atom stereocenters. The van der Waals surface area contributed by atoms with E-state index in [1.165, 1.54) is 54.1 Å². The number of rotatable bonds is 9. The summed E-state index contributed by atoms with van der Waals surface area (Å²) in [5.74, 6) is 1.81. The molecule has 1 aromatic rings. The summed E-state index contributed by atoms with van der Waals surface area (Å²) in [4.78, 5) is 0. The number of aryl methyl sites for hydroxylation is 3. The van der Waals surface area contributed by atoms with Crippen LogP contribution in [0.15, 0.2) is 18.2 Å². The fourth-order valence-corrected chi connectivity index (χ4v) is 3.62. The van der Waals surface area contributed by atoms with Crippen molar-refractivity contribution in [2.45, 2.75) is 66.2 Å². The molecule has 0 N–H and O–H groups in total. The van der Waals surface area contributed by atoms with Gasteiger partial charge in [-0.15, -0.1) is 0 Å². The van der Waals surface area contributed by atoms with Gasteiger partial charge in [0.05, 0.1) is 0 Å². The fourth-order valence-electron chi connectivity index (χ4n) is 2.74. The van der Waals surface area contributed by atoms with E-state index in [9.17, 15) is 0 Å². The molecule has 0 aliphatic heterocycles. The molecule has 0 saturated carbocycles. The Labute approximate surface area is 139 Å². The van der Waals surface area contributed by atoms with Crippen molar-refractivity contribution in [3.8, 4) is 0 Å². The normalized spacial score (nSPS) is 14.2. The predicted octanol–water partition coefficient (Wildman–Crippen LogP) is 6.50. The van der Waals surface area contributed by atoms with E-state index in [-0.39, 0.29) is 0 Å². The van der Waals surface area contributed by atoms with Crippen LogP contribution in [-0.2, 0) is 6.42 Å². The lowest BCUT2D eigenvalue weighted by atomic mass is 9.92. The minimum absolute atomic E-state index is 0.903. The van der Waals surface area contributed by atoms with Gasteiger partial charge in [-0.3, -0.25) is 0 Å². The van der Waals surface area contributed by atoms with Gasteiger partial charge in [0.25, 0.3) is 0 Å². The highest BCUT2D eigenvalue weighted by Gasteiger charge is 2.09. The first kappa shape index (κ1) is 18.0. The molecule has 1 heteroatoms. The largest absolute Gasteiger partial charge is 0.0861 e. The van der Waals surface area contributed by atoms with Gasteiger partial charge < -0.3 is 0 Å². The van der Waals surface area contributed by atoms with Crippen molar-refractivity contribution >= 4 is 22.6 Å². The van der Waals surface area contributed by atoms with Crippen LogP contribution in [0.4, 0.5) is 0 Å². The SMILES string of the molecule is CCC(C)CCCC(CI)CCc1ccc(C)cc1C. The van der Waals surface area contributed by atoms with Crippen molar-refractivity contribution in [3.05, 3.63) is 34.9 Å². The molecule has 0 aliphatic rings. The van der Waals surface area contributed by atoms with Gasteiger partial charge in [-0.25, -0.2) is 0 Å². The molecule has 0 saturated heterocycles. The molecule has 0 spiro atoms. The van der Waals surface area contributed by atoms with Gasteiger partial charge in [-0.05, 0) is 56.1 Å². The van der Waals surface area contributed by atoms with Gasteiger partial charge in [-0.1, -0.05) is 79.5 Å². The minimum Gasteiger partial charge on any atom is -0.0861 e. The number of hydrogen-bond donors (Lipinski definition) is 0. The van der Waals surface area contributed by atoms with E-state index in [0.29, 0.717) is 0 Å². The quantitative estimate of drug-likeness (QED) is 0.336. The van der Waals surface area contributed by atoms with E-state index in [1.807, 2.05) is 0 Å². The lowest BCUT2D eigenvalue weighted by molar-refractivity contribution is 0.425. The van der Waals surface area contributed by atoms with Crippen molar-refractivity contribution in [2.75, 3.05) is 4.43 Å². The van der Waals surface area contributed by atoms with Crippen molar-refractivity contribution in [3.63, 3.8) is 0 Å². The van der Waals surface area contributed by atoms with Gasteiger partial charge in [0.1, 0.15) is 0 Å². The van der Waals surface area contributed by atoms with Crippen LogP contribution in [0, 0.1) is 25.7 Å². The zero-order valence-corrected chi connectivity index (χ0v) is 15.9. The summed E-state index contributed by atoms with van der Waals surface area (Å²) in [5, 5.41) is 0. The topological polar surface area (TPSA) is 0 Å². The molecule has 0 aliphatic carbocycles. The zero-order valence-electron chi connectivity index (χ0n) is 13.7. The van der Waals surface area contributed by atoms with Gasteiger partial charge >= 0.3 is 0 Å². The lowest BCUT2D eigenvalue weighted by Gasteiger charge is -2.16. The molecule has 0 fully saturated rings. The summed E-state index contributed by atoms with van der Waals surface area (Å²) in [6.45, 7) is 9.12. The standard InChI is InChI=1S/C19H31I/c1-5-15(2)7-6-8-18(14-20)10-12-19-11-9-16(3)13-17(19)4/h9,11,13,15,18H,5-8,10,12,14H2,1-4H3. The maximum absolute atomic E-state index is 2.57. The number of alkyl halides is 1. The summed E-state index contributed by atoms with van der Waals surface area (Å²) >= 11 is 2.57. The van der Waals surface area contributed by atoms with Gasteiger partial charge in [0.15, 0.2) is 0 Å². The molecule has 0 bridgehead atoms. The maximum Gasteiger partial charge on any atom is 0.00238 e. The Kier molecular flexibility index (Phi) is 8.83. The second-order valence-corrected chi connectivity index (χ2v) is 7.31. The third-order valence-corrected chi connectivity index (χ3v) is 5.79. The Morgan fingerprint density at radius 2 is 1.85 bits per heavy atom. The van der Waals surface area contributed by atoms with E-state index in [0.717, 1.165) is 11.8 Å². The molecule has 2 unspecified atom stereocenters. The summed E-state index contributed by atoms with van der Waals surface area (Å²) in [7, 11) is 0. The highest BCUT2D eigenvalue weighted by atomic mass is 127. The van der Waals surface area contributed by atoms with Gasteiger partial charge in [0, 0.05) is 4.43 Å². The van der Waals surface area contributed by atoms with Crippen LogP contribution < -0.4 is 0 Å². The molecule has 0 heterocycles. The molecule has 0 nitrogen and oxygen atoms in total. The van der Waals surface area contributed by atoms with Crippen molar-refractivity contribution < 1.29 is 0 Å². The lowest BCUT2D eigenvalue weighted by Crippen LogP contribution is -2.06. The van der Waals surface area contributed by atoms with Gasteiger partial charge in [-0.2, -0.15) is 0 Å². The molecule has 20 heavy (non-hydrogen) atoms. The zero-order chi connectivity index (χ0) is 15.0. The van der Waals surface area contributed by atoms with Crippen LogP contribution in [0.5, 0.6) is 0 Å². The Bertz CT molecular complexity index is 383. The molecule has 114 valence electrons. The molecular weight excluding hydrogens is 355 g/mol. The van der Waals surface area contributed by atoms with Crippen LogP contribution in [0.25, 0.3) is 0 Å². The Morgan fingerprint density at radius 1 is 1.10 bits per heavy atom. The van der Waals surface area contributed by atoms with E-state index < -0.39 is 0 Å². The van der Waals surface area contributed by atoms with Crippen LogP contribution in [0.3, 0.4) is 0 Å². The van der Waals surface area contributed by atoms with Crippen molar-refractivity contribution in [1.82, 2.24) is 0 Å². The number of benzene rings is 1. The first-order valence-corrected chi connectivity index (χ1v) is 9.71. The summed E-state index contributed by atoms with van der Waals surface area (Å²) in [5.41, 5.74) is 4.40. The minimum atomic E-state index is 0.903. The summed E-state index contributed by atoms with van der Waals surface area (Å²) < 4.78 is 1.31. The van der Waals surface area contributed by atoms with E-state index >= 15 is 0 Å². The number of hydrogen-bond acceptors (Lipinski definition) is 0. The maximum atomic E-state index is 2.57. The van der Waals surface area contributed by atoms with E-state index in [4.69, 9.17) is 0 Å². The molecular formula is C19H31I. The molecule has 0 aromatic heterocycles. The predicted molar refractivity (Wildman–Crippen MR) is 99.9 cm³/mol. The molecule has 0 amide bonds. The molecule has 1 aromatic carbocycles. The second-order valence-electron chi connectivity index (χ2n) is 6.43. The van der Waals surface area contributed by atoms with Crippen LogP contribution >= 0.6 is 22.6 Å².